The van der Waals surface area contributed by atoms with Crippen LogP contribution in [0.1, 0.15) is 17.2 Å². The fraction of sp³-hybridized carbons (Fsp3) is 0.250. The minimum Gasteiger partial charge on any atom is -0.386 e. The van der Waals surface area contributed by atoms with Crippen molar-refractivity contribution in [1.29, 1.82) is 0 Å². The second-order valence-corrected chi connectivity index (χ2v) is 5.79. The molecule has 7 heteroatoms. The van der Waals surface area contributed by atoms with E-state index in [0.29, 0.717) is 5.75 Å². The van der Waals surface area contributed by atoms with Gasteiger partial charge in [0.2, 0.25) is 5.91 Å². The van der Waals surface area contributed by atoms with Crippen molar-refractivity contribution in [3.8, 4) is 0 Å². The van der Waals surface area contributed by atoms with Crippen molar-refractivity contribution in [3.05, 3.63) is 65.5 Å². The van der Waals surface area contributed by atoms with E-state index in [4.69, 9.17) is 0 Å². The monoisotopic (exact) mass is 338 g/mol. The van der Waals surface area contributed by atoms with Crippen molar-refractivity contribution >= 4 is 17.7 Å². The number of benzene rings is 1. The molecule has 4 nitrogen and oxygen atoms in total. The van der Waals surface area contributed by atoms with Crippen LogP contribution in [-0.4, -0.2) is 28.3 Å². The molecule has 0 spiro atoms. The van der Waals surface area contributed by atoms with Crippen LogP contribution in [0.15, 0.2) is 42.7 Å². The molecule has 23 heavy (non-hydrogen) atoms. The molecule has 0 saturated heterocycles. The zero-order valence-corrected chi connectivity index (χ0v) is 13.0. The topological polar surface area (TPSA) is 62.2 Å². The van der Waals surface area contributed by atoms with Crippen LogP contribution in [0.5, 0.6) is 0 Å². The predicted octanol–water partition coefficient (Wildman–Crippen LogP) is 2.44. The minimum atomic E-state index is -1.43. The number of halogens is 2. The van der Waals surface area contributed by atoms with E-state index in [-0.39, 0.29) is 18.2 Å². The summed E-state index contributed by atoms with van der Waals surface area (Å²) in [5.41, 5.74) is 0.614. The third kappa shape index (κ3) is 5.30. The number of thioether (sulfide) groups is 1. The van der Waals surface area contributed by atoms with E-state index in [1.807, 2.05) is 12.1 Å². The number of nitrogens with zero attached hydrogens (tertiary/aromatic N) is 1. The van der Waals surface area contributed by atoms with Crippen LogP contribution >= 0.6 is 11.8 Å². The van der Waals surface area contributed by atoms with Crippen molar-refractivity contribution in [1.82, 2.24) is 10.3 Å². The number of pyridine rings is 1. The number of aromatic nitrogens is 1. The number of hydrogen-bond donors (Lipinski definition) is 2. The van der Waals surface area contributed by atoms with Gasteiger partial charge in [0.1, 0.15) is 17.7 Å². The molecule has 0 aliphatic rings. The Balaban J connectivity index is 1.76. The Hall–Kier alpha value is -1.99. The predicted molar refractivity (Wildman–Crippen MR) is 84.7 cm³/mol. The van der Waals surface area contributed by atoms with Gasteiger partial charge in [0.05, 0.1) is 11.3 Å². The molecule has 0 fully saturated rings. The van der Waals surface area contributed by atoms with E-state index in [0.717, 1.165) is 17.7 Å². The fourth-order valence-corrected chi connectivity index (χ4v) is 2.75. The molecular weight excluding hydrogens is 322 g/mol. The Bertz CT molecular complexity index is 636. The van der Waals surface area contributed by atoms with E-state index in [2.05, 4.69) is 10.3 Å². The highest BCUT2D eigenvalue weighted by Gasteiger charge is 2.18. The maximum atomic E-state index is 13.5. The van der Waals surface area contributed by atoms with Gasteiger partial charge >= 0.3 is 0 Å². The van der Waals surface area contributed by atoms with Crippen LogP contribution in [0.25, 0.3) is 0 Å². The highest BCUT2D eigenvalue weighted by atomic mass is 32.2. The summed E-state index contributed by atoms with van der Waals surface area (Å²) < 4.78 is 27.0. The van der Waals surface area contributed by atoms with Crippen LogP contribution in [0.2, 0.25) is 0 Å². The van der Waals surface area contributed by atoms with Gasteiger partial charge in [0, 0.05) is 24.7 Å². The van der Waals surface area contributed by atoms with Gasteiger partial charge in [-0.1, -0.05) is 6.07 Å². The molecule has 1 unspecified atom stereocenters. The van der Waals surface area contributed by atoms with Crippen molar-refractivity contribution < 1.29 is 18.7 Å². The van der Waals surface area contributed by atoms with Gasteiger partial charge < -0.3 is 10.4 Å². The standard InChI is InChI=1S/C16H16F2N2O2S/c17-12-2-1-3-13(18)16(12)14(21)8-20-15(22)10-23-9-11-4-6-19-7-5-11/h1-7,14,21H,8-10H2,(H,20,22). The SMILES string of the molecule is O=C(CSCc1ccncc1)NCC(O)c1c(F)cccc1F. The molecule has 1 atom stereocenters. The average molecular weight is 338 g/mol. The number of rotatable bonds is 7. The van der Waals surface area contributed by atoms with E-state index >= 15 is 0 Å². The highest BCUT2D eigenvalue weighted by molar-refractivity contribution is 7.99. The third-order valence-corrected chi connectivity index (χ3v) is 4.08. The lowest BCUT2D eigenvalue weighted by Gasteiger charge is -2.13. The quantitative estimate of drug-likeness (QED) is 0.814. The van der Waals surface area contributed by atoms with E-state index < -0.39 is 23.3 Å². The number of nitrogens with one attached hydrogen (secondary N) is 1. The van der Waals surface area contributed by atoms with Gasteiger partial charge in [0.15, 0.2) is 0 Å². The molecule has 122 valence electrons. The second kappa shape index (κ2) is 8.59. The highest BCUT2D eigenvalue weighted by Crippen LogP contribution is 2.20. The molecule has 0 bridgehead atoms. The van der Waals surface area contributed by atoms with E-state index in [1.54, 1.807) is 12.4 Å². The smallest absolute Gasteiger partial charge is 0.230 e. The molecule has 2 N–H and O–H groups in total. The lowest BCUT2D eigenvalue weighted by molar-refractivity contribution is -0.119. The Kier molecular flexibility index (Phi) is 6.49. The summed E-state index contributed by atoms with van der Waals surface area (Å²) in [5, 5.41) is 12.3. The maximum Gasteiger partial charge on any atom is 0.230 e. The number of aliphatic hydroxyl groups is 1. The molecule has 1 heterocycles. The largest absolute Gasteiger partial charge is 0.386 e. The lowest BCUT2D eigenvalue weighted by Crippen LogP contribution is -2.30. The first-order chi connectivity index (χ1) is 11.1. The number of hydrogen-bond acceptors (Lipinski definition) is 4. The van der Waals surface area contributed by atoms with Crippen LogP contribution in [0.3, 0.4) is 0 Å². The summed E-state index contributed by atoms with van der Waals surface area (Å²) >= 11 is 1.40. The van der Waals surface area contributed by atoms with Gasteiger partial charge in [-0.2, -0.15) is 0 Å². The van der Waals surface area contributed by atoms with Crippen LogP contribution in [0, 0.1) is 11.6 Å². The molecule has 2 aromatic rings. The van der Waals surface area contributed by atoms with Crippen LogP contribution in [-0.2, 0) is 10.5 Å². The average Bonchev–Trinajstić information content (AvgIpc) is 2.54. The molecule has 0 aliphatic carbocycles. The van der Waals surface area contributed by atoms with E-state index in [1.165, 1.54) is 17.8 Å². The number of aliphatic hydroxyl groups excluding tert-OH is 1. The van der Waals surface area contributed by atoms with Gasteiger partial charge in [-0.05, 0) is 29.8 Å². The lowest BCUT2D eigenvalue weighted by atomic mass is 10.1. The normalized spacial score (nSPS) is 12.0. The number of carbonyl (C=O) groups excluding carboxylic acids is 1. The van der Waals surface area contributed by atoms with Gasteiger partial charge in [0.25, 0.3) is 0 Å². The minimum absolute atomic E-state index is 0.189. The van der Waals surface area contributed by atoms with Crippen LogP contribution in [0.4, 0.5) is 8.78 Å². The van der Waals surface area contributed by atoms with Crippen molar-refractivity contribution in [3.63, 3.8) is 0 Å². The molecule has 1 amide bonds. The molecule has 2 rings (SSSR count). The summed E-state index contributed by atoms with van der Waals surface area (Å²) in [4.78, 5) is 15.6. The Morgan fingerprint density at radius 3 is 2.52 bits per heavy atom. The maximum absolute atomic E-state index is 13.5. The molecule has 0 saturated carbocycles. The molecule has 0 radical (unpaired) electrons. The summed E-state index contributed by atoms with van der Waals surface area (Å²) in [6.45, 7) is -0.244. The summed E-state index contributed by atoms with van der Waals surface area (Å²) in [6, 6.07) is 7.06. The fourth-order valence-electron chi connectivity index (χ4n) is 1.93. The Morgan fingerprint density at radius 1 is 1.22 bits per heavy atom. The Labute approximate surface area is 136 Å². The molecule has 1 aromatic heterocycles. The van der Waals surface area contributed by atoms with Gasteiger partial charge in [-0.3, -0.25) is 9.78 Å². The van der Waals surface area contributed by atoms with Crippen molar-refractivity contribution in [2.24, 2.45) is 0 Å². The van der Waals surface area contributed by atoms with Crippen molar-refractivity contribution in [2.75, 3.05) is 12.3 Å². The molecule has 0 aliphatic heterocycles. The summed E-state index contributed by atoms with van der Waals surface area (Å²) in [5.74, 6) is -1.13. The molecular formula is C16H16F2N2O2S. The van der Waals surface area contributed by atoms with Crippen molar-refractivity contribution in [2.45, 2.75) is 11.9 Å². The molecule has 1 aromatic carbocycles. The zero-order chi connectivity index (χ0) is 16.7. The first-order valence-electron chi connectivity index (χ1n) is 6.93. The van der Waals surface area contributed by atoms with Crippen LogP contribution < -0.4 is 5.32 Å². The zero-order valence-electron chi connectivity index (χ0n) is 12.2. The van der Waals surface area contributed by atoms with Gasteiger partial charge in [-0.25, -0.2) is 8.78 Å². The number of carbonyl (C=O) groups is 1. The van der Waals surface area contributed by atoms with Gasteiger partial charge in [-0.15, -0.1) is 11.8 Å². The first-order valence-corrected chi connectivity index (χ1v) is 8.08. The first kappa shape index (κ1) is 17.4. The Morgan fingerprint density at radius 2 is 1.87 bits per heavy atom. The summed E-state index contributed by atoms with van der Waals surface area (Å²) in [7, 11) is 0. The third-order valence-electron chi connectivity index (χ3n) is 3.08. The number of amides is 1. The van der Waals surface area contributed by atoms with E-state index in [9.17, 15) is 18.7 Å². The summed E-state index contributed by atoms with van der Waals surface area (Å²) in [6.07, 6.45) is 1.93. The second-order valence-electron chi connectivity index (χ2n) is 4.80.